The van der Waals surface area contributed by atoms with Crippen molar-refractivity contribution in [1.29, 1.82) is 0 Å². The number of fused-ring (bicyclic) bond motifs is 1. The van der Waals surface area contributed by atoms with Crippen LogP contribution in [0.15, 0.2) is 24.5 Å². The molecule has 0 bridgehead atoms. The van der Waals surface area contributed by atoms with E-state index in [1.807, 2.05) is 12.1 Å². The van der Waals surface area contributed by atoms with E-state index in [4.69, 9.17) is 5.11 Å². The molecule has 2 aromatic heterocycles. The Hall–Kier alpha value is -1.42. The zero-order chi connectivity index (χ0) is 8.39. The average molecular weight is 163 g/mol. The van der Waals surface area contributed by atoms with Crippen LogP contribution in [0.25, 0.3) is 11.0 Å². The normalized spacial score (nSPS) is 10.8. The van der Waals surface area contributed by atoms with Crippen LogP contribution in [0, 0.1) is 0 Å². The third-order valence-electron chi connectivity index (χ3n) is 1.73. The lowest BCUT2D eigenvalue weighted by molar-refractivity contribution is 0.271. The van der Waals surface area contributed by atoms with Crippen LogP contribution in [0.2, 0.25) is 0 Å². The summed E-state index contributed by atoms with van der Waals surface area (Å²) in [4.78, 5) is 4.12. The Morgan fingerprint density at radius 2 is 2.42 bits per heavy atom. The van der Waals surface area contributed by atoms with Gasteiger partial charge in [0, 0.05) is 6.20 Å². The smallest absolute Gasteiger partial charge is 0.108 e. The van der Waals surface area contributed by atoms with Crippen LogP contribution in [-0.4, -0.2) is 26.5 Å². The molecule has 12 heavy (non-hydrogen) atoms. The molecule has 0 amide bonds. The van der Waals surface area contributed by atoms with Crippen LogP contribution in [-0.2, 0) is 6.54 Å². The number of hydrogen-bond acceptors (Lipinski definition) is 3. The number of rotatable bonds is 2. The highest BCUT2D eigenvalue weighted by Crippen LogP contribution is 2.08. The minimum atomic E-state index is 0.103. The fourth-order valence-corrected chi connectivity index (χ4v) is 1.19. The summed E-state index contributed by atoms with van der Waals surface area (Å²) in [5, 5.41) is 12.8. The van der Waals surface area contributed by atoms with Gasteiger partial charge in [-0.05, 0) is 12.1 Å². The van der Waals surface area contributed by atoms with Gasteiger partial charge in [0.2, 0.25) is 0 Å². The molecule has 0 unspecified atom stereocenters. The molecule has 2 rings (SSSR count). The molecule has 4 nitrogen and oxygen atoms in total. The van der Waals surface area contributed by atoms with Crippen molar-refractivity contribution < 1.29 is 5.11 Å². The summed E-state index contributed by atoms with van der Waals surface area (Å²) in [5.41, 5.74) is 1.83. The fourth-order valence-electron chi connectivity index (χ4n) is 1.19. The standard InChI is InChI=1S/C8H9N3O/c12-5-4-11-8-2-1-3-9-7(8)6-10-11/h1-3,6,12H,4-5H2. The van der Waals surface area contributed by atoms with Gasteiger partial charge < -0.3 is 5.11 Å². The van der Waals surface area contributed by atoms with Gasteiger partial charge in [-0.25, -0.2) is 0 Å². The topological polar surface area (TPSA) is 50.9 Å². The van der Waals surface area contributed by atoms with Crippen LogP contribution in [0.3, 0.4) is 0 Å². The summed E-state index contributed by atoms with van der Waals surface area (Å²) in [5.74, 6) is 0. The molecule has 0 aliphatic rings. The Kier molecular flexibility index (Phi) is 1.75. The predicted molar refractivity (Wildman–Crippen MR) is 44.6 cm³/mol. The number of hydrogen-bond donors (Lipinski definition) is 1. The summed E-state index contributed by atoms with van der Waals surface area (Å²) in [6.45, 7) is 0.626. The maximum Gasteiger partial charge on any atom is 0.108 e. The summed E-state index contributed by atoms with van der Waals surface area (Å²) in [6.07, 6.45) is 3.43. The minimum Gasteiger partial charge on any atom is -0.394 e. The van der Waals surface area contributed by atoms with Crippen molar-refractivity contribution in [3.63, 3.8) is 0 Å². The highest BCUT2D eigenvalue weighted by Gasteiger charge is 2.00. The summed E-state index contributed by atoms with van der Waals surface area (Å²) >= 11 is 0. The van der Waals surface area contributed by atoms with E-state index in [9.17, 15) is 0 Å². The first-order chi connectivity index (χ1) is 5.92. The molecule has 0 atom stereocenters. The lowest BCUT2D eigenvalue weighted by Crippen LogP contribution is -2.02. The molecule has 0 saturated heterocycles. The first kappa shape index (κ1) is 7.24. The number of aliphatic hydroxyl groups excluding tert-OH is 1. The molecule has 4 heteroatoms. The van der Waals surface area contributed by atoms with Crippen molar-refractivity contribution in [1.82, 2.24) is 14.8 Å². The van der Waals surface area contributed by atoms with Gasteiger partial charge in [-0.3, -0.25) is 9.67 Å². The zero-order valence-corrected chi connectivity index (χ0v) is 6.51. The van der Waals surface area contributed by atoms with Gasteiger partial charge in [-0.2, -0.15) is 5.10 Å². The molecule has 0 saturated carbocycles. The molecule has 1 N–H and O–H groups in total. The molecule has 2 heterocycles. The van der Waals surface area contributed by atoms with Crippen LogP contribution in [0.5, 0.6) is 0 Å². The van der Waals surface area contributed by atoms with Crippen molar-refractivity contribution in [3.8, 4) is 0 Å². The molecule has 0 radical (unpaired) electrons. The predicted octanol–water partition coefficient (Wildman–Crippen LogP) is 0.424. The first-order valence-electron chi connectivity index (χ1n) is 3.79. The van der Waals surface area contributed by atoms with E-state index in [1.165, 1.54) is 0 Å². The van der Waals surface area contributed by atoms with E-state index >= 15 is 0 Å². The van der Waals surface area contributed by atoms with Crippen LogP contribution in [0.4, 0.5) is 0 Å². The second-order valence-electron chi connectivity index (χ2n) is 2.50. The monoisotopic (exact) mass is 163 g/mol. The van der Waals surface area contributed by atoms with Crippen molar-refractivity contribution >= 4 is 11.0 Å². The van der Waals surface area contributed by atoms with Crippen LogP contribution in [0.1, 0.15) is 0 Å². The van der Waals surface area contributed by atoms with Crippen molar-refractivity contribution in [2.24, 2.45) is 0 Å². The Morgan fingerprint density at radius 1 is 1.50 bits per heavy atom. The van der Waals surface area contributed by atoms with Crippen LogP contribution < -0.4 is 0 Å². The van der Waals surface area contributed by atoms with E-state index < -0.39 is 0 Å². The van der Waals surface area contributed by atoms with Crippen molar-refractivity contribution in [2.75, 3.05) is 6.61 Å². The molecule has 0 aliphatic heterocycles. The zero-order valence-electron chi connectivity index (χ0n) is 6.51. The first-order valence-corrected chi connectivity index (χ1v) is 3.79. The van der Waals surface area contributed by atoms with Gasteiger partial charge in [0.15, 0.2) is 0 Å². The van der Waals surface area contributed by atoms with E-state index in [-0.39, 0.29) is 6.61 Å². The van der Waals surface area contributed by atoms with Gasteiger partial charge in [-0.15, -0.1) is 0 Å². The Balaban J connectivity index is 2.55. The number of nitrogens with zero attached hydrogens (tertiary/aromatic N) is 3. The second-order valence-corrected chi connectivity index (χ2v) is 2.50. The minimum absolute atomic E-state index is 0.103. The fraction of sp³-hybridized carbons (Fsp3) is 0.250. The van der Waals surface area contributed by atoms with E-state index in [0.29, 0.717) is 6.54 Å². The molecule has 0 aromatic carbocycles. The number of pyridine rings is 1. The molecule has 62 valence electrons. The van der Waals surface area contributed by atoms with Gasteiger partial charge >= 0.3 is 0 Å². The third kappa shape index (κ3) is 1.06. The van der Waals surface area contributed by atoms with Crippen molar-refractivity contribution in [2.45, 2.75) is 6.54 Å². The molecule has 0 fully saturated rings. The maximum absolute atomic E-state index is 8.72. The quantitative estimate of drug-likeness (QED) is 0.698. The summed E-state index contributed by atoms with van der Waals surface area (Å²) in [7, 11) is 0. The summed E-state index contributed by atoms with van der Waals surface area (Å²) < 4.78 is 1.74. The number of aromatic nitrogens is 3. The molecule has 0 aliphatic carbocycles. The van der Waals surface area contributed by atoms with Gasteiger partial charge in [0.05, 0.1) is 24.9 Å². The molecular weight excluding hydrogens is 154 g/mol. The largest absolute Gasteiger partial charge is 0.394 e. The Bertz CT molecular complexity index is 382. The number of aliphatic hydroxyl groups is 1. The lowest BCUT2D eigenvalue weighted by atomic mass is 10.4. The Labute approximate surface area is 69.5 Å². The maximum atomic E-state index is 8.72. The van der Waals surface area contributed by atoms with E-state index in [1.54, 1.807) is 17.1 Å². The second kappa shape index (κ2) is 2.91. The van der Waals surface area contributed by atoms with E-state index in [2.05, 4.69) is 10.1 Å². The third-order valence-corrected chi connectivity index (χ3v) is 1.73. The van der Waals surface area contributed by atoms with Crippen LogP contribution >= 0.6 is 0 Å². The molecule has 0 spiro atoms. The average Bonchev–Trinajstić information content (AvgIpc) is 2.50. The summed E-state index contributed by atoms with van der Waals surface area (Å²) in [6, 6.07) is 3.79. The molecule has 2 aromatic rings. The SMILES string of the molecule is OCCn1ncc2ncccc21. The van der Waals surface area contributed by atoms with Crippen molar-refractivity contribution in [3.05, 3.63) is 24.5 Å². The van der Waals surface area contributed by atoms with Gasteiger partial charge in [-0.1, -0.05) is 0 Å². The van der Waals surface area contributed by atoms with Gasteiger partial charge in [0.25, 0.3) is 0 Å². The highest BCUT2D eigenvalue weighted by atomic mass is 16.3. The highest BCUT2D eigenvalue weighted by molar-refractivity contribution is 5.73. The lowest BCUT2D eigenvalue weighted by Gasteiger charge is -1.97. The molecular formula is C8H9N3O. The van der Waals surface area contributed by atoms with Gasteiger partial charge in [0.1, 0.15) is 5.52 Å². The van der Waals surface area contributed by atoms with E-state index in [0.717, 1.165) is 11.0 Å². The Morgan fingerprint density at radius 3 is 3.25 bits per heavy atom.